The van der Waals surface area contributed by atoms with Crippen molar-refractivity contribution in [1.29, 1.82) is 0 Å². The molecule has 0 spiro atoms. The van der Waals surface area contributed by atoms with Crippen molar-refractivity contribution in [3.05, 3.63) is 40.5 Å². The maximum Gasteiger partial charge on any atom is 0.146 e. The van der Waals surface area contributed by atoms with E-state index in [0.717, 1.165) is 67.3 Å². The summed E-state index contributed by atoms with van der Waals surface area (Å²) in [6, 6.07) is 7.44. The smallest absolute Gasteiger partial charge is 0.146 e. The summed E-state index contributed by atoms with van der Waals surface area (Å²) in [5.41, 5.74) is 8.91. The molecule has 1 aliphatic heterocycles. The molecule has 0 bridgehead atoms. The maximum absolute atomic E-state index is 9.46. The first-order valence-electron chi connectivity index (χ1n) is 10.0. The number of rotatable bonds is 3. The average Bonchev–Trinajstić information content (AvgIpc) is 3.08. The average molecular weight is 396 g/mol. The molecule has 0 amide bonds. The van der Waals surface area contributed by atoms with E-state index in [-0.39, 0.29) is 0 Å². The number of phenols is 1. The van der Waals surface area contributed by atoms with Gasteiger partial charge in [-0.2, -0.15) is 0 Å². The summed E-state index contributed by atoms with van der Waals surface area (Å²) in [5, 5.41) is 10.6. The van der Waals surface area contributed by atoms with Crippen LogP contribution in [0.25, 0.3) is 10.2 Å². The largest absolute Gasteiger partial charge is 0.508 e. The van der Waals surface area contributed by atoms with Crippen LogP contribution in [0, 0.1) is 0 Å². The van der Waals surface area contributed by atoms with E-state index in [1.54, 1.807) is 12.1 Å². The van der Waals surface area contributed by atoms with Crippen molar-refractivity contribution in [2.75, 3.05) is 36.8 Å². The van der Waals surface area contributed by atoms with E-state index in [1.165, 1.54) is 23.3 Å². The number of anilines is 2. The monoisotopic (exact) mass is 395 g/mol. The molecule has 0 saturated carbocycles. The van der Waals surface area contributed by atoms with E-state index in [2.05, 4.69) is 14.8 Å². The van der Waals surface area contributed by atoms with Gasteiger partial charge in [0.05, 0.1) is 11.9 Å². The van der Waals surface area contributed by atoms with E-state index in [1.807, 2.05) is 23.5 Å². The summed E-state index contributed by atoms with van der Waals surface area (Å²) in [7, 11) is 0. The third-order valence-corrected chi connectivity index (χ3v) is 7.03. The number of nitrogen functional groups attached to an aromatic ring is 1. The summed E-state index contributed by atoms with van der Waals surface area (Å²) < 4.78 is 0. The predicted octanol–water partition coefficient (Wildman–Crippen LogP) is 3.18. The third kappa shape index (κ3) is 3.29. The lowest BCUT2D eigenvalue weighted by Gasteiger charge is -2.35. The summed E-state index contributed by atoms with van der Waals surface area (Å²) in [4.78, 5) is 16.8. The normalized spacial score (nSPS) is 17.8. The second-order valence-corrected chi connectivity index (χ2v) is 8.78. The van der Waals surface area contributed by atoms with E-state index < -0.39 is 0 Å². The summed E-state index contributed by atoms with van der Waals surface area (Å²) >= 11 is 1.81. The highest BCUT2D eigenvalue weighted by atomic mass is 32.1. The molecule has 2 aromatic heterocycles. The molecule has 1 aromatic carbocycles. The molecule has 3 N–H and O–H groups in total. The summed E-state index contributed by atoms with van der Waals surface area (Å²) in [6.07, 6.45) is 4.78. The SMILES string of the molecule is Nc1nc(CN2CCN(c3ccc(O)cc3)CC2)nc2sc3c(c12)CCCC3. The topological polar surface area (TPSA) is 78.5 Å². The van der Waals surface area contributed by atoms with Crippen LogP contribution in [0.2, 0.25) is 0 Å². The van der Waals surface area contributed by atoms with Gasteiger partial charge in [0, 0.05) is 36.7 Å². The number of nitrogens with two attached hydrogens (primary N) is 1. The van der Waals surface area contributed by atoms with Gasteiger partial charge in [0.1, 0.15) is 22.2 Å². The first kappa shape index (κ1) is 17.7. The fraction of sp³-hybridized carbons (Fsp3) is 0.429. The van der Waals surface area contributed by atoms with Gasteiger partial charge in [-0.05, 0) is 55.5 Å². The lowest BCUT2D eigenvalue weighted by molar-refractivity contribution is 0.244. The Balaban J connectivity index is 1.29. The number of aromatic hydroxyl groups is 1. The van der Waals surface area contributed by atoms with E-state index >= 15 is 0 Å². The number of aryl methyl sites for hydroxylation is 2. The van der Waals surface area contributed by atoms with Gasteiger partial charge in [-0.3, -0.25) is 4.90 Å². The van der Waals surface area contributed by atoms with Gasteiger partial charge in [0.25, 0.3) is 0 Å². The van der Waals surface area contributed by atoms with Crippen LogP contribution >= 0.6 is 11.3 Å². The Bertz CT molecular complexity index is 992. The third-order valence-electron chi connectivity index (χ3n) is 5.84. The van der Waals surface area contributed by atoms with Crippen molar-refractivity contribution in [1.82, 2.24) is 14.9 Å². The Morgan fingerprint density at radius 2 is 1.75 bits per heavy atom. The molecule has 0 unspecified atom stereocenters. The molecular weight excluding hydrogens is 370 g/mol. The van der Waals surface area contributed by atoms with Crippen LogP contribution in [0.3, 0.4) is 0 Å². The van der Waals surface area contributed by atoms with Gasteiger partial charge in [-0.25, -0.2) is 9.97 Å². The standard InChI is InChI=1S/C21H25N5OS/c22-20-19-16-3-1-2-4-17(16)28-21(19)24-18(23-20)13-25-9-11-26(12-10-25)14-5-7-15(27)8-6-14/h5-8,27H,1-4,9-13H2,(H2,22,23,24). The number of hydrogen-bond donors (Lipinski definition) is 2. The maximum atomic E-state index is 9.46. The molecule has 28 heavy (non-hydrogen) atoms. The van der Waals surface area contributed by atoms with Crippen molar-refractivity contribution >= 4 is 33.1 Å². The fourth-order valence-corrected chi connectivity index (χ4v) is 5.62. The first-order valence-corrected chi connectivity index (χ1v) is 10.8. The summed E-state index contributed by atoms with van der Waals surface area (Å²) in [6.45, 7) is 4.57. The highest BCUT2D eigenvalue weighted by Crippen LogP contribution is 2.37. The molecule has 0 atom stereocenters. The molecule has 1 saturated heterocycles. The highest BCUT2D eigenvalue weighted by Gasteiger charge is 2.22. The zero-order valence-electron chi connectivity index (χ0n) is 15.9. The van der Waals surface area contributed by atoms with Crippen molar-refractivity contribution in [3.8, 4) is 5.75 Å². The Morgan fingerprint density at radius 3 is 2.54 bits per heavy atom. The van der Waals surface area contributed by atoms with Gasteiger partial charge < -0.3 is 15.7 Å². The van der Waals surface area contributed by atoms with E-state index in [0.29, 0.717) is 11.6 Å². The van der Waals surface area contributed by atoms with E-state index in [9.17, 15) is 5.11 Å². The highest BCUT2D eigenvalue weighted by molar-refractivity contribution is 7.19. The van der Waals surface area contributed by atoms with Gasteiger partial charge >= 0.3 is 0 Å². The minimum Gasteiger partial charge on any atom is -0.508 e. The fourth-order valence-electron chi connectivity index (χ4n) is 4.33. The van der Waals surface area contributed by atoms with Crippen LogP contribution in [0.4, 0.5) is 11.5 Å². The van der Waals surface area contributed by atoms with Gasteiger partial charge in [-0.1, -0.05) is 0 Å². The van der Waals surface area contributed by atoms with Crippen molar-refractivity contribution in [2.24, 2.45) is 0 Å². The molecular formula is C21H25N5OS. The molecule has 6 nitrogen and oxygen atoms in total. The van der Waals surface area contributed by atoms with Gasteiger partial charge in [-0.15, -0.1) is 11.3 Å². The second kappa shape index (κ2) is 7.22. The number of nitrogens with zero attached hydrogens (tertiary/aromatic N) is 4. The molecule has 3 heterocycles. The number of fused-ring (bicyclic) bond motifs is 3. The Hall–Kier alpha value is -2.38. The van der Waals surface area contributed by atoms with Crippen LogP contribution < -0.4 is 10.6 Å². The minimum absolute atomic E-state index is 0.308. The minimum atomic E-state index is 0.308. The van der Waals surface area contributed by atoms with Crippen LogP contribution in [-0.2, 0) is 19.4 Å². The van der Waals surface area contributed by atoms with Crippen molar-refractivity contribution in [3.63, 3.8) is 0 Å². The molecule has 1 fully saturated rings. The molecule has 1 aliphatic carbocycles. The van der Waals surface area contributed by atoms with Crippen LogP contribution in [0.1, 0.15) is 29.1 Å². The number of piperazine rings is 1. The van der Waals surface area contributed by atoms with Crippen LogP contribution in [0.15, 0.2) is 24.3 Å². The number of aromatic nitrogens is 2. The zero-order valence-corrected chi connectivity index (χ0v) is 16.7. The van der Waals surface area contributed by atoms with E-state index in [4.69, 9.17) is 10.7 Å². The van der Waals surface area contributed by atoms with Crippen LogP contribution in [0.5, 0.6) is 5.75 Å². The Labute approximate surface area is 168 Å². The van der Waals surface area contributed by atoms with Gasteiger partial charge in [0.15, 0.2) is 0 Å². The van der Waals surface area contributed by atoms with Gasteiger partial charge in [0.2, 0.25) is 0 Å². The first-order chi connectivity index (χ1) is 13.7. The lowest BCUT2D eigenvalue weighted by Crippen LogP contribution is -2.46. The second-order valence-electron chi connectivity index (χ2n) is 7.70. The quantitative estimate of drug-likeness (QED) is 0.709. The molecule has 0 radical (unpaired) electrons. The molecule has 146 valence electrons. The number of thiophene rings is 1. The number of phenolic OH excluding ortho intramolecular Hbond substituents is 1. The molecule has 2 aliphatic rings. The van der Waals surface area contributed by atoms with Crippen molar-refractivity contribution in [2.45, 2.75) is 32.2 Å². The number of benzene rings is 1. The lowest BCUT2D eigenvalue weighted by atomic mass is 9.97. The molecule has 7 heteroatoms. The van der Waals surface area contributed by atoms with Crippen LogP contribution in [-0.4, -0.2) is 46.2 Å². The molecule has 3 aromatic rings. The Kier molecular flexibility index (Phi) is 4.56. The summed E-state index contributed by atoms with van der Waals surface area (Å²) in [5.74, 6) is 1.80. The Morgan fingerprint density at radius 1 is 1.00 bits per heavy atom. The number of hydrogen-bond acceptors (Lipinski definition) is 7. The predicted molar refractivity (Wildman–Crippen MR) is 114 cm³/mol. The van der Waals surface area contributed by atoms with Crippen molar-refractivity contribution < 1.29 is 5.11 Å². The zero-order chi connectivity index (χ0) is 19.1. The molecule has 5 rings (SSSR count).